The van der Waals surface area contributed by atoms with Gasteiger partial charge in [-0.25, -0.2) is 0 Å². The van der Waals surface area contributed by atoms with Gasteiger partial charge in [0.05, 0.1) is 12.8 Å². The molecule has 1 aromatic heterocycles. The number of fused-ring (bicyclic) bond motifs is 3. The second-order valence-electron chi connectivity index (χ2n) is 6.72. The predicted octanol–water partition coefficient (Wildman–Crippen LogP) is 1.16. The fraction of sp³-hybridized carbons (Fsp3) is 0.722. The van der Waals surface area contributed by atoms with E-state index < -0.39 is 0 Å². The lowest BCUT2D eigenvalue weighted by atomic mass is 10.1. The van der Waals surface area contributed by atoms with Crippen molar-refractivity contribution < 1.29 is 4.42 Å². The third-order valence-corrected chi connectivity index (χ3v) is 4.92. The van der Waals surface area contributed by atoms with Crippen molar-refractivity contribution in [3.8, 4) is 0 Å². The normalized spacial score (nSPS) is 26.5. The molecule has 4 rings (SSSR count). The average Bonchev–Trinajstić information content (AvgIpc) is 3.14. The fourth-order valence-electron chi connectivity index (χ4n) is 3.41. The fourth-order valence-corrected chi connectivity index (χ4v) is 3.41. The molecule has 0 spiro atoms. The summed E-state index contributed by atoms with van der Waals surface area (Å²) in [5, 5.41) is 6.91. The van der Waals surface area contributed by atoms with Crippen molar-refractivity contribution in [1.82, 2.24) is 20.4 Å². The smallest absolute Gasteiger partial charge is 0.191 e. The lowest BCUT2D eigenvalue weighted by Crippen LogP contribution is -2.62. The van der Waals surface area contributed by atoms with Gasteiger partial charge in [-0.1, -0.05) is 13.3 Å². The third-order valence-electron chi connectivity index (χ3n) is 4.92. The number of aliphatic imine (C=N–C) groups is 1. The standard InChI is InChI=1S/C18H31N5O/c1-2-3-7-19-18(20-8-6-17-5-4-13-24-17)21-14-16-15-22-9-11-23(16)12-10-22/h4-5,13,16H,2-3,6-12,14-15H2,1H3,(H2,19,20,21). The zero-order chi connectivity index (χ0) is 16.6. The molecule has 0 radical (unpaired) electrons. The molecule has 4 heterocycles. The zero-order valence-electron chi connectivity index (χ0n) is 14.8. The highest BCUT2D eigenvalue weighted by Crippen LogP contribution is 2.15. The second kappa shape index (κ2) is 9.08. The van der Waals surface area contributed by atoms with E-state index in [1.165, 1.54) is 39.0 Å². The molecule has 3 saturated heterocycles. The molecule has 6 nitrogen and oxygen atoms in total. The number of nitrogens with one attached hydrogen (secondary N) is 2. The molecule has 2 bridgehead atoms. The Morgan fingerprint density at radius 1 is 1.25 bits per heavy atom. The first-order chi connectivity index (χ1) is 11.8. The molecule has 0 aliphatic carbocycles. The number of furan rings is 1. The highest BCUT2D eigenvalue weighted by atomic mass is 16.3. The summed E-state index contributed by atoms with van der Waals surface area (Å²) in [6, 6.07) is 4.53. The molecule has 6 heteroatoms. The number of hydrogen-bond acceptors (Lipinski definition) is 4. The summed E-state index contributed by atoms with van der Waals surface area (Å²) in [6.07, 6.45) is 4.97. The van der Waals surface area contributed by atoms with Gasteiger partial charge in [0.1, 0.15) is 5.76 Å². The molecule has 1 atom stereocenters. The van der Waals surface area contributed by atoms with Gasteiger partial charge in [0, 0.05) is 58.3 Å². The van der Waals surface area contributed by atoms with E-state index in [0.717, 1.165) is 44.3 Å². The molecular weight excluding hydrogens is 302 g/mol. The van der Waals surface area contributed by atoms with Gasteiger partial charge in [0.15, 0.2) is 5.96 Å². The van der Waals surface area contributed by atoms with Crippen molar-refractivity contribution in [2.45, 2.75) is 32.2 Å². The van der Waals surface area contributed by atoms with Gasteiger partial charge >= 0.3 is 0 Å². The second-order valence-corrected chi connectivity index (χ2v) is 6.72. The Morgan fingerprint density at radius 2 is 2.08 bits per heavy atom. The number of hydrogen-bond donors (Lipinski definition) is 2. The minimum absolute atomic E-state index is 0.572. The highest BCUT2D eigenvalue weighted by molar-refractivity contribution is 5.79. The van der Waals surface area contributed by atoms with Crippen LogP contribution in [0, 0.1) is 0 Å². The number of nitrogens with zero attached hydrogens (tertiary/aromatic N) is 3. The Morgan fingerprint density at radius 3 is 2.75 bits per heavy atom. The van der Waals surface area contributed by atoms with E-state index in [1.54, 1.807) is 6.26 Å². The molecular formula is C18H31N5O. The lowest BCUT2D eigenvalue weighted by Gasteiger charge is -2.47. The summed E-state index contributed by atoms with van der Waals surface area (Å²) in [6.45, 7) is 10.9. The van der Waals surface area contributed by atoms with Crippen molar-refractivity contribution in [2.24, 2.45) is 4.99 Å². The maximum Gasteiger partial charge on any atom is 0.191 e. The van der Waals surface area contributed by atoms with Crippen LogP contribution in [0.1, 0.15) is 25.5 Å². The minimum atomic E-state index is 0.572. The molecule has 2 N–H and O–H groups in total. The van der Waals surface area contributed by atoms with Gasteiger partial charge in [-0.15, -0.1) is 0 Å². The largest absolute Gasteiger partial charge is 0.469 e. The summed E-state index contributed by atoms with van der Waals surface area (Å²) in [5.74, 6) is 1.95. The van der Waals surface area contributed by atoms with Crippen LogP contribution in [0.4, 0.5) is 0 Å². The quantitative estimate of drug-likeness (QED) is 0.425. The van der Waals surface area contributed by atoms with Crippen molar-refractivity contribution in [3.63, 3.8) is 0 Å². The van der Waals surface area contributed by atoms with Gasteiger partial charge in [0.25, 0.3) is 0 Å². The first-order valence-corrected chi connectivity index (χ1v) is 9.36. The molecule has 24 heavy (non-hydrogen) atoms. The van der Waals surface area contributed by atoms with Crippen LogP contribution >= 0.6 is 0 Å². The van der Waals surface area contributed by atoms with Crippen molar-refractivity contribution in [3.05, 3.63) is 24.2 Å². The Bertz CT molecular complexity index is 494. The van der Waals surface area contributed by atoms with Crippen LogP contribution < -0.4 is 10.6 Å². The Labute approximate surface area is 145 Å². The van der Waals surface area contributed by atoms with Crippen molar-refractivity contribution in [1.29, 1.82) is 0 Å². The number of rotatable bonds is 8. The molecule has 3 aliphatic heterocycles. The van der Waals surface area contributed by atoms with E-state index in [9.17, 15) is 0 Å². The maximum atomic E-state index is 5.39. The van der Waals surface area contributed by atoms with E-state index in [0.29, 0.717) is 6.04 Å². The molecule has 3 fully saturated rings. The zero-order valence-corrected chi connectivity index (χ0v) is 14.8. The predicted molar refractivity (Wildman–Crippen MR) is 97.4 cm³/mol. The van der Waals surface area contributed by atoms with Gasteiger partial charge in [-0.3, -0.25) is 14.8 Å². The van der Waals surface area contributed by atoms with Gasteiger partial charge in [-0.05, 0) is 18.6 Å². The van der Waals surface area contributed by atoms with E-state index in [1.807, 2.05) is 12.1 Å². The van der Waals surface area contributed by atoms with Crippen LogP contribution in [-0.2, 0) is 6.42 Å². The topological polar surface area (TPSA) is 56.0 Å². The molecule has 0 amide bonds. The number of unbranched alkanes of at least 4 members (excludes halogenated alkanes) is 1. The monoisotopic (exact) mass is 333 g/mol. The Hall–Kier alpha value is -1.53. The van der Waals surface area contributed by atoms with Crippen LogP contribution in [0.5, 0.6) is 0 Å². The van der Waals surface area contributed by atoms with Crippen molar-refractivity contribution >= 4 is 5.96 Å². The van der Waals surface area contributed by atoms with Crippen LogP contribution in [0.2, 0.25) is 0 Å². The van der Waals surface area contributed by atoms with Gasteiger partial charge in [-0.2, -0.15) is 0 Å². The minimum Gasteiger partial charge on any atom is -0.469 e. The summed E-state index contributed by atoms with van der Waals surface area (Å²) in [4.78, 5) is 10.0. The third kappa shape index (κ3) is 4.98. The Balaban J connectivity index is 1.48. The summed E-state index contributed by atoms with van der Waals surface area (Å²) in [7, 11) is 0. The molecule has 134 valence electrons. The van der Waals surface area contributed by atoms with E-state index in [-0.39, 0.29) is 0 Å². The van der Waals surface area contributed by atoms with Crippen molar-refractivity contribution in [2.75, 3.05) is 52.4 Å². The van der Waals surface area contributed by atoms with E-state index >= 15 is 0 Å². The molecule has 1 aromatic rings. The highest BCUT2D eigenvalue weighted by Gasteiger charge is 2.31. The first-order valence-electron chi connectivity index (χ1n) is 9.36. The number of piperazine rings is 3. The first kappa shape index (κ1) is 17.3. The van der Waals surface area contributed by atoms with Gasteiger partial charge < -0.3 is 15.1 Å². The summed E-state index contributed by atoms with van der Waals surface area (Å²) >= 11 is 0. The SMILES string of the molecule is CCCCNC(=NCC1CN2CCN1CC2)NCCc1ccco1. The number of guanidine groups is 1. The van der Waals surface area contributed by atoms with Crippen LogP contribution in [0.15, 0.2) is 27.8 Å². The maximum absolute atomic E-state index is 5.39. The molecule has 0 aromatic carbocycles. The average molecular weight is 333 g/mol. The summed E-state index contributed by atoms with van der Waals surface area (Å²) in [5.41, 5.74) is 0. The molecule has 0 saturated carbocycles. The van der Waals surface area contributed by atoms with Crippen LogP contribution in [0.3, 0.4) is 0 Å². The molecule has 3 aliphatic rings. The summed E-state index contributed by atoms with van der Waals surface area (Å²) < 4.78 is 5.39. The lowest BCUT2D eigenvalue weighted by molar-refractivity contribution is 0.0174. The van der Waals surface area contributed by atoms with Crippen LogP contribution in [-0.4, -0.2) is 74.2 Å². The van der Waals surface area contributed by atoms with Crippen LogP contribution in [0.25, 0.3) is 0 Å². The van der Waals surface area contributed by atoms with Gasteiger partial charge in [0.2, 0.25) is 0 Å². The molecule has 1 unspecified atom stereocenters. The van der Waals surface area contributed by atoms with E-state index in [4.69, 9.17) is 9.41 Å². The van der Waals surface area contributed by atoms with E-state index in [2.05, 4.69) is 27.4 Å². The Kier molecular flexibility index (Phi) is 6.55.